The number of halogens is 2. The lowest BCUT2D eigenvalue weighted by atomic mass is 9.99. The van der Waals surface area contributed by atoms with E-state index in [1.54, 1.807) is 18.2 Å². The molecule has 0 atom stereocenters. The average Bonchev–Trinajstić information content (AvgIpc) is 3.07. The minimum atomic E-state index is -1.09. The molecule has 27 heavy (non-hydrogen) atoms. The van der Waals surface area contributed by atoms with E-state index in [0.717, 1.165) is 6.07 Å². The summed E-state index contributed by atoms with van der Waals surface area (Å²) in [6.07, 6.45) is 1.46. The van der Waals surface area contributed by atoms with Crippen LogP contribution in [0.1, 0.15) is 0 Å². The van der Waals surface area contributed by atoms with Crippen molar-refractivity contribution in [1.29, 1.82) is 0 Å². The molecule has 0 unspecified atom stereocenters. The summed E-state index contributed by atoms with van der Waals surface area (Å²) in [5.74, 6) is -1.40. The minimum absolute atomic E-state index is 0.0512. The highest BCUT2D eigenvalue weighted by Crippen LogP contribution is 2.40. The number of anilines is 1. The van der Waals surface area contributed by atoms with Crippen molar-refractivity contribution < 1.29 is 28.2 Å². The molecule has 0 spiro atoms. The van der Waals surface area contributed by atoms with Crippen molar-refractivity contribution >= 4 is 22.6 Å². The molecule has 1 aliphatic heterocycles. The molecule has 0 bridgehead atoms. The van der Waals surface area contributed by atoms with Gasteiger partial charge in [0.05, 0.1) is 5.39 Å². The first-order chi connectivity index (χ1) is 12.9. The number of aliphatic carboxylic acids is 1. The quantitative estimate of drug-likeness (QED) is 0.757. The number of carboxylic acids is 1. The molecule has 0 amide bonds. The molecule has 0 fully saturated rings. The zero-order valence-electron chi connectivity index (χ0n) is 14.2. The molecule has 1 N–H and O–H groups in total. The van der Waals surface area contributed by atoms with E-state index in [1.807, 2.05) is 0 Å². The molecule has 4 rings (SSSR count). The maximum absolute atomic E-state index is 14.6. The summed E-state index contributed by atoms with van der Waals surface area (Å²) in [6.45, 7) is -0.262. The zero-order chi connectivity index (χ0) is 19.1. The molecule has 0 aliphatic carbocycles. The Bertz CT molecular complexity index is 1070. The highest BCUT2D eigenvalue weighted by Gasteiger charge is 2.20. The van der Waals surface area contributed by atoms with Crippen LogP contribution in [0, 0.1) is 11.6 Å². The zero-order valence-corrected chi connectivity index (χ0v) is 14.2. The number of hydrogen-bond acceptors (Lipinski definition) is 5. The molecule has 8 heteroatoms. The molecule has 0 radical (unpaired) electrons. The van der Waals surface area contributed by atoms with Crippen LogP contribution in [-0.2, 0) is 4.79 Å². The summed E-state index contributed by atoms with van der Waals surface area (Å²) in [5, 5.41) is 9.34. The highest BCUT2D eigenvalue weighted by molar-refractivity contribution is 6.03. The lowest BCUT2D eigenvalue weighted by Crippen LogP contribution is -2.26. The minimum Gasteiger partial charge on any atom is -0.480 e. The van der Waals surface area contributed by atoms with E-state index in [9.17, 15) is 13.6 Å². The van der Waals surface area contributed by atoms with E-state index in [2.05, 4.69) is 4.98 Å². The summed E-state index contributed by atoms with van der Waals surface area (Å²) in [6, 6.07) is 7.13. The van der Waals surface area contributed by atoms with Gasteiger partial charge in [-0.25, -0.2) is 13.8 Å². The smallest absolute Gasteiger partial charge is 0.323 e. The fourth-order valence-electron chi connectivity index (χ4n) is 3.13. The number of hydrogen-bond donors (Lipinski definition) is 1. The Morgan fingerprint density at radius 1 is 1.22 bits per heavy atom. The molecule has 6 nitrogen and oxygen atoms in total. The van der Waals surface area contributed by atoms with Crippen molar-refractivity contribution in [3.63, 3.8) is 0 Å². The number of benzene rings is 2. The van der Waals surface area contributed by atoms with Gasteiger partial charge in [0.15, 0.2) is 11.5 Å². The van der Waals surface area contributed by atoms with Gasteiger partial charge in [0.25, 0.3) is 0 Å². The van der Waals surface area contributed by atoms with Crippen molar-refractivity contribution in [3.8, 4) is 22.6 Å². The topological polar surface area (TPSA) is 71.9 Å². The number of fused-ring (bicyclic) bond motifs is 2. The van der Waals surface area contributed by atoms with Gasteiger partial charge in [-0.3, -0.25) is 4.79 Å². The Morgan fingerprint density at radius 3 is 2.78 bits per heavy atom. The van der Waals surface area contributed by atoms with Crippen molar-refractivity contribution in [2.45, 2.75) is 0 Å². The number of likely N-dealkylation sites (N-methyl/N-ethyl adjacent to an activating group) is 1. The van der Waals surface area contributed by atoms with Gasteiger partial charge < -0.3 is 19.5 Å². The molecule has 2 heterocycles. The van der Waals surface area contributed by atoms with Crippen LogP contribution in [0.4, 0.5) is 14.6 Å². The number of rotatable bonds is 4. The lowest BCUT2D eigenvalue weighted by molar-refractivity contribution is -0.135. The maximum atomic E-state index is 14.6. The summed E-state index contributed by atoms with van der Waals surface area (Å²) in [7, 11) is 1.49. The van der Waals surface area contributed by atoms with Crippen molar-refractivity contribution in [3.05, 3.63) is 48.2 Å². The first-order valence-corrected chi connectivity index (χ1v) is 8.05. The van der Waals surface area contributed by atoms with Crippen LogP contribution in [0.3, 0.4) is 0 Å². The van der Waals surface area contributed by atoms with E-state index < -0.39 is 17.6 Å². The summed E-state index contributed by atoms with van der Waals surface area (Å²) in [5.41, 5.74) is 1.14. The van der Waals surface area contributed by atoms with Crippen LogP contribution in [-0.4, -0.2) is 36.4 Å². The van der Waals surface area contributed by atoms with Gasteiger partial charge in [-0.2, -0.15) is 0 Å². The van der Waals surface area contributed by atoms with E-state index in [1.165, 1.54) is 24.2 Å². The summed E-state index contributed by atoms with van der Waals surface area (Å²) in [4.78, 5) is 16.6. The number of pyridine rings is 1. The van der Waals surface area contributed by atoms with Crippen molar-refractivity contribution in [1.82, 2.24) is 4.98 Å². The second-order valence-corrected chi connectivity index (χ2v) is 6.12. The van der Waals surface area contributed by atoms with Crippen molar-refractivity contribution in [2.75, 3.05) is 25.3 Å². The highest BCUT2D eigenvalue weighted by atomic mass is 19.1. The van der Waals surface area contributed by atoms with E-state index in [4.69, 9.17) is 14.6 Å². The van der Waals surface area contributed by atoms with Crippen LogP contribution >= 0.6 is 0 Å². The number of carbonyl (C=O) groups is 1. The summed E-state index contributed by atoms with van der Waals surface area (Å²) >= 11 is 0. The van der Waals surface area contributed by atoms with Crippen LogP contribution in [0.15, 0.2) is 36.5 Å². The lowest BCUT2D eigenvalue weighted by Gasteiger charge is -2.19. The fourth-order valence-corrected chi connectivity index (χ4v) is 3.13. The second-order valence-electron chi connectivity index (χ2n) is 6.12. The van der Waals surface area contributed by atoms with Gasteiger partial charge in [0, 0.05) is 30.3 Å². The first-order valence-electron chi connectivity index (χ1n) is 8.05. The standard InChI is InChI=1S/C19H14F2N2O4/c1-23(8-17(24)25)19-18-12(5-11(20)6-14(18)21)13(7-22-19)10-2-3-15-16(4-10)27-9-26-15/h2-7H,8-9H2,1H3,(H,24,25). The largest absolute Gasteiger partial charge is 0.480 e. The third kappa shape index (κ3) is 2.99. The Morgan fingerprint density at radius 2 is 2.00 bits per heavy atom. The number of ether oxygens (including phenoxy) is 2. The third-order valence-corrected chi connectivity index (χ3v) is 4.30. The summed E-state index contributed by atoms with van der Waals surface area (Å²) < 4.78 is 39.2. The molecule has 2 aromatic carbocycles. The van der Waals surface area contributed by atoms with E-state index in [-0.39, 0.29) is 29.9 Å². The molecule has 138 valence electrons. The number of aromatic nitrogens is 1. The number of carboxylic acid groups (broad SMARTS) is 1. The average molecular weight is 372 g/mol. The van der Waals surface area contributed by atoms with Gasteiger partial charge in [-0.1, -0.05) is 6.07 Å². The molecule has 0 saturated heterocycles. The fraction of sp³-hybridized carbons (Fsp3) is 0.158. The van der Waals surface area contributed by atoms with E-state index in [0.29, 0.717) is 22.6 Å². The molecule has 1 aliphatic rings. The van der Waals surface area contributed by atoms with Crippen LogP contribution in [0.5, 0.6) is 11.5 Å². The van der Waals surface area contributed by atoms with Crippen LogP contribution in [0.25, 0.3) is 21.9 Å². The van der Waals surface area contributed by atoms with Gasteiger partial charge in [0.1, 0.15) is 24.0 Å². The van der Waals surface area contributed by atoms with Gasteiger partial charge in [0.2, 0.25) is 6.79 Å². The molecular weight excluding hydrogens is 358 g/mol. The Hall–Kier alpha value is -3.42. The van der Waals surface area contributed by atoms with Crippen molar-refractivity contribution in [2.24, 2.45) is 0 Å². The Kier molecular flexibility index (Phi) is 4.02. The second kappa shape index (κ2) is 6.39. The van der Waals surface area contributed by atoms with Gasteiger partial charge in [-0.05, 0) is 23.8 Å². The molecular formula is C19H14F2N2O4. The Balaban J connectivity index is 1.94. The first kappa shape index (κ1) is 17.0. The predicted molar refractivity (Wildman–Crippen MR) is 94.1 cm³/mol. The predicted octanol–water partition coefficient (Wildman–Crippen LogP) is 3.43. The molecule has 3 aromatic rings. The van der Waals surface area contributed by atoms with Gasteiger partial charge in [-0.15, -0.1) is 0 Å². The number of nitrogens with zero attached hydrogens (tertiary/aromatic N) is 2. The monoisotopic (exact) mass is 372 g/mol. The molecule has 1 aromatic heterocycles. The van der Waals surface area contributed by atoms with Gasteiger partial charge >= 0.3 is 5.97 Å². The normalized spacial score (nSPS) is 12.4. The van der Waals surface area contributed by atoms with Crippen LogP contribution in [0.2, 0.25) is 0 Å². The maximum Gasteiger partial charge on any atom is 0.323 e. The molecule has 0 saturated carbocycles. The third-order valence-electron chi connectivity index (χ3n) is 4.30. The van der Waals surface area contributed by atoms with Crippen LogP contribution < -0.4 is 14.4 Å². The SMILES string of the molecule is CN(CC(=O)O)c1ncc(-c2ccc3c(c2)OCO3)c2cc(F)cc(F)c12. The van der Waals surface area contributed by atoms with E-state index >= 15 is 0 Å². The Labute approximate surface area is 152 Å².